The predicted molar refractivity (Wildman–Crippen MR) is 42.3 cm³/mol. The van der Waals surface area contributed by atoms with Crippen molar-refractivity contribution in [3.8, 4) is 0 Å². The SMILES string of the molecule is O=C1/C=C\C(Cl)CCCC1. The minimum absolute atomic E-state index is 0.0734. The third kappa shape index (κ3) is 2.53. The van der Waals surface area contributed by atoms with E-state index in [1.54, 1.807) is 12.2 Å². The van der Waals surface area contributed by atoms with Crippen molar-refractivity contribution in [2.45, 2.75) is 31.1 Å². The Morgan fingerprint density at radius 1 is 1.50 bits per heavy atom. The van der Waals surface area contributed by atoms with Crippen molar-refractivity contribution >= 4 is 17.4 Å². The first-order valence-corrected chi connectivity index (χ1v) is 4.08. The minimum atomic E-state index is 0.0734. The maximum atomic E-state index is 10.8. The van der Waals surface area contributed by atoms with Crippen molar-refractivity contribution in [3.63, 3.8) is 0 Å². The van der Waals surface area contributed by atoms with Gasteiger partial charge in [0.25, 0.3) is 0 Å². The third-order valence-electron chi connectivity index (χ3n) is 1.64. The van der Waals surface area contributed by atoms with E-state index in [4.69, 9.17) is 11.6 Å². The van der Waals surface area contributed by atoms with Crippen molar-refractivity contribution in [2.24, 2.45) is 0 Å². The van der Waals surface area contributed by atoms with Gasteiger partial charge in [-0.05, 0) is 18.9 Å². The molecule has 0 heterocycles. The van der Waals surface area contributed by atoms with E-state index in [2.05, 4.69) is 0 Å². The van der Waals surface area contributed by atoms with Crippen LogP contribution in [0.1, 0.15) is 25.7 Å². The largest absolute Gasteiger partial charge is 0.295 e. The van der Waals surface area contributed by atoms with E-state index in [1.165, 1.54) is 0 Å². The molecule has 0 radical (unpaired) electrons. The Hall–Kier alpha value is -0.300. The predicted octanol–water partition coefficient (Wildman–Crippen LogP) is 2.29. The summed E-state index contributed by atoms with van der Waals surface area (Å²) in [4.78, 5) is 10.8. The second-order valence-electron chi connectivity index (χ2n) is 2.59. The molecule has 0 spiro atoms. The van der Waals surface area contributed by atoms with Crippen molar-refractivity contribution < 1.29 is 4.79 Å². The number of rotatable bonds is 0. The highest BCUT2D eigenvalue weighted by Gasteiger charge is 2.05. The van der Waals surface area contributed by atoms with Gasteiger partial charge >= 0.3 is 0 Å². The lowest BCUT2D eigenvalue weighted by atomic mass is 10.1. The van der Waals surface area contributed by atoms with E-state index in [0.29, 0.717) is 6.42 Å². The van der Waals surface area contributed by atoms with Gasteiger partial charge in [-0.15, -0.1) is 11.6 Å². The standard InChI is InChI=1S/C8H11ClO/c9-7-3-1-2-4-8(10)6-5-7/h5-7H,1-4H2/b6-5-. The van der Waals surface area contributed by atoms with E-state index >= 15 is 0 Å². The van der Waals surface area contributed by atoms with Crippen molar-refractivity contribution in [3.05, 3.63) is 12.2 Å². The summed E-state index contributed by atoms with van der Waals surface area (Å²) in [7, 11) is 0. The molecule has 1 nitrogen and oxygen atoms in total. The molecule has 2 heteroatoms. The summed E-state index contributed by atoms with van der Waals surface area (Å²) in [6.45, 7) is 0. The zero-order chi connectivity index (χ0) is 7.40. The Labute approximate surface area is 66.1 Å². The number of hydrogen-bond donors (Lipinski definition) is 0. The first-order valence-electron chi connectivity index (χ1n) is 3.64. The van der Waals surface area contributed by atoms with Crippen molar-refractivity contribution in [2.75, 3.05) is 0 Å². The number of ketones is 1. The van der Waals surface area contributed by atoms with Crippen molar-refractivity contribution in [1.29, 1.82) is 0 Å². The van der Waals surface area contributed by atoms with Crippen LogP contribution in [0.15, 0.2) is 12.2 Å². The molecule has 0 saturated carbocycles. The molecule has 0 amide bonds. The Kier molecular flexibility index (Phi) is 2.94. The molecule has 0 bridgehead atoms. The molecule has 0 saturated heterocycles. The summed E-state index contributed by atoms with van der Waals surface area (Å²) in [6.07, 6.45) is 7.17. The van der Waals surface area contributed by atoms with Crippen LogP contribution in [-0.2, 0) is 4.79 Å². The van der Waals surface area contributed by atoms with Gasteiger partial charge in [-0.2, -0.15) is 0 Å². The Morgan fingerprint density at radius 3 is 3.10 bits per heavy atom. The van der Waals surface area contributed by atoms with Crippen LogP contribution in [-0.4, -0.2) is 11.2 Å². The second-order valence-corrected chi connectivity index (χ2v) is 3.15. The van der Waals surface area contributed by atoms with Gasteiger partial charge in [0.05, 0.1) is 5.38 Å². The smallest absolute Gasteiger partial charge is 0.155 e. The summed E-state index contributed by atoms with van der Waals surface area (Å²) in [5.41, 5.74) is 0. The average molecular weight is 159 g/mol. The fourth-order valence-corrected chi connectivity index (χ4v) is 1.26. The molecule has 1 aliphatic carbocycles. The molecule has 0 aromatic heterocycles. The van der Waals surface area contributed by atoms with Crippen LogP contribution in [0.4, 0.5) is 0 Å². The van der Waals surface area contributed by atoms with Crippen LogP contribution in [0.2, 0.25) is 0 Å². The molecular formula is C8H11ClO. The first kappa shape index (κ1) is 7.80. The number of carbonyl (C=O) groups is 1. The van der Waals surface area contributed by atoms with E-state index in [0.717, 1.165) is 19.3 Å². The lowest BCUT2D eigenvalue weighted by Gasteiger charge is -2.05. The highest BCUT2D eigenvalue weighted by Crippen LogP contribution is 2.13. The normalized spacial score (nSPS) is 30.9. The number of allylic oxidation sites excluding steroid dienone is 2. The van der Waals surface area contributed by atoms with Gasteiger partial charge < -0.3 is 0 Å². The lowest BCUT2D eigenvalue weighted by molar-refractivity contribution is -0.114. The van der Waals surface area contributed by atoms with E-state index < -0.39 is 0 Å². The molecule has 1 aliphatic rings. The Morgan fingerprint density at radius 2 is 2.30 bits per heavy atom. The number of hydrogen-bond acceptors (Lipinski definition) is 1. The van der Waals surface area contributed by atoms with Crippen LogP contribution in [0.3, 0.4) is 0 Å². The minimum Gasteiger partial charge on any atom is -0.295 e. The summed E-state index contributed by atoms with van der Waals surface area (Å²) in [6, 6.07) is 0. The van der Waals surface area contributed by atoms with Gasteiger partial charge in [0.15, 0.2) is 5.78 Å². The molecule has 10 heavy (non-hydrogen) atoms. The number of alkyl halides is 1. The molecule has 56 valence electrons. The quantitative estimate of drug-likeness (QED) is 0.495. The Bertz CT molecular complexity index is 151. The number of halogens is 1. The summed E-state index contributed by atoms with van der Waals surface area (Å²) in [5.74, 6) is 0.213. The highest BCUT2D eigenvalue weighted by molar-refractivity contribution is 6.22. The Balaban J connectivity index is 2.50. The van der Waals surface area contributed by atoms with E-state index in [9.17, 15) is 4.79 Å². The monoisotopic (exact) mass is 158 g/mol. The van der Waals surface area contributed by atoms with Gasteiger partial charge in [-0.3, -0.25) is 4.79 Å². The van der Waals surface area contributed by atoms with Crippen molar-refractivity contribution in [1.82, 2.24) is 0 Å². The van der Waals surface area contributed by atoms with Gasteiger partial charge in [-0.1, -0.05) is 12.5 Å². The van der Waals surface area contributed by atoms with Crippen LogP contribution in [0.5, 0.6) is 0 Å². The number of carbonyl (C=O) groups excluding carboxylic acids is 1. The first-order chi connectivity index (χ1) is 4.79. The molecule has 0 aromatic rings. The third-order valence-corrected chi connectivity index (χ3v) is 2.01. The van der Waals surface area contributed by atoms with E-state index in [1.807, 2.05) is 0 Å². The second kappa shape index (κ2) is 3.77. The fourth-order valence-electron chi connectivity index (χ4n) is 1.03. The molecular weight excluding hydrogens is 148 g/mol. The molecule has 1 atom stereocenters. The molecule has 0 N–H and O–H groups in total. The molecule has 0 aliphatic heterocycles. The summed E-state index contributed by atoms with van der Waals surface area (Å²) >= 11 is 5.82. The summed E-state index contributed by atoms with van der Waals surface area (Å²) < 4.78 is 0. The average Bonchev–Trinajstić information content (AvgIpc) is 1.90. The molecule has 1 unspecified atom stereocenters. The van der Waals surface area contributed by atoms with Crippen LogP contribution in [0, 0.1) is 0 Å². The molecule has 0 aromatic carbocycles. The fraction of sp³-hybridized carbons (Fsp3) is 0.625. The topological polar surface area (TPSA) is 17.1 Å². The van der Waals surface area contributed by atoms with Gasteiger partial charge in [-0.25, -0.2) is 0 Å². The lowest BCUT2D eigenvalue weighted by Crippen LogP contribution is -2.01. The van der Waals surface area contributed by atoms with E-state index in [-0.39, 0.29) is 11.2 Å². The van der Waals surface area contributed by atoms with Crippen LogP contribution < -0.4 is 0 Å². The molecule has 0 fully saturated rings. The zero-order valence-corrected chi connectivity index (χ0v) is 6.60. The van der Waals surface area contributed by atoms with Gasteiger partial charge in [0.2, 0.25) is 0 Å². The highest BCUT2D eigenvalue weighted by atomic mass is 35.5. The van der Waals surface area contributed by atoms with Crippen LogP contribution in [0.25, 0.3) is 0 Å². The maximum absolute atomic E-state index is 10.8. The zero-order valence-electron chi connectivity index (χ0n) is 5.85. The maximum Gasteiger partial charge on any atom is 0.155 e. The van der Waals surface area contributed by atoms with Gasteiger partial charge in [0.1, 0.15) is 0 Å². The molecule has 1 rings (SSSR count). The van der Waals surface area contributed by atoms with Gasteiger partial charge in [0, 0.05) is 6.42 Å². The van der Waals surface area contributed by atoms with Crippen LogP contribution >= 0.6 is 11.6 Å². The summed E-state index contributed by atoms with van der Waals surface area (Å²) in [5, 5.41) is 0.0734.